The number of fused-ring (bicyclic) bond motifs is 2. The number of pyridine rings is 1. The van der Waals surface area contributed by atoms with Gasteiger partial charge in [0.15, 0.2) is 0 Å². The van der Waals surface area contributed by atoms with E-state index in [9.17, 15) is 29.2 Å². The number of carbonyl (C=O) groups excluding carboxylic acids is 4. The van der Waals surface area contributed by atoms with Crippen molar-refractivity contribution < 1.29 is 28.7 Å². The molecule has 1 aromatic heterocycles. The monoisotopic (exact) mass is 868 g/mol. The van der Waals surface area contributed by atoms with Gasteiger partial charge in [-0.2, -0.15) is 5.26 Å². The van der Waals surface area contributed by atoms with E-state index in [0.29, 0.717) is 58.0 Å². The lowest BCUT2D eigenvalue weighted by atomic mass is 9.49. The number of nitrogens with one attached hydrogen (secondary N) is 3. The molecule has 0 bridgehead atoms. The van der Waals surface area contributed by atoms with Gasteiger partial charge < -0.3 is 34.5 Å². The molecule has 4 amide bonds. The Bertz CT molecular complexity index is 2600. The van der Waals surface area contributed by atoms with E-state index >= 15 is 0 Å². The van der Waals surface area contributed by atoms with Crippen LogP contribution in [0.2, 0.25) is 0 Å². The molecule has 64 heavy (non-hydrogen) atoms. The van der Waals surface area contributed by atoms with Crippen molar-refractivity contribution in [3.63, 3.8) is 0 Å². The maximum absolute atomic E-state index is 13.7. The average molecular weight is 869 g/mol. The maximum Gasteiger partial charge on any atom is 0.258 e. The van der Waals surface area contributed by atoms with Crippen LogP contribution >= 0.6 is 0 Å². The Balaban J connectivity index is 0.748. The van der Waals surface area contributed by atoms with E-state index < -0.39 is 22.8 Å². The molecule has 4 aromatic rings. The van der Waals surface area contributed by atoms with Crippen molar-refractivity contribution >= 4 is 45.9 Å². The van der Waals surface area contributed by atoms with Gasteiger partial charge in [-0.15, -0.1) is 0 Å². The van der Waals surface area contributed by atoms with E-state index in [-0.39, 0.29) is 41.8 Å². The summed E-state index contributed by atoms with van der Waals surface area (Å²) in [5.41, 5.74) is 3.79. The molecular weight excluding hydrogens is 813 g/mol. The Morgan fingerprint density at radius 3 is 2.22 bits per heavy atom. The van der Waals surface area contributed by atoms with Crippen molar-refractivity contribution in [3.05, 3.63) is 93.3 Å². The summed E-state index contributed by atoms with van der Waals surface area (Å²) >= 11 is 0. The first-order chi connectivity index (χ1) is 30.7. The van der Waals surface area contributed by atoms with Crippen LogP contribution in [0.5, 0.6) is 11.5 Å². The highest BCUT2D eigenvalue weighted by Gasteiger charge is 2.64. The van der Waals surface area contributed by atoms with Gasteiger partial charge in [0, 0.05) is 110 Å². The summed E-state index contributed by atoms with van der Waals surface area (Å²) in [5.74, 6) is 0.604. The first kappa shape index (κ1) is 42.9. The van der Waals surface area contributed by atoms with Gasteiger partial charge in [0.05, 0.1) is 23.8 Å². The second-order valence-corrected chi connectivity index (χ2v) is 19.2. The normalized spacial score (nSPS) is 23.3. The Morgan fingerprint density at radius 1 is 0.844 bits per heavy atom. The molecule has 15 heteroatoms. The molecule has 0 spiro atoms. The lowest BCUT2D eigenvalue weighted by Gasteiger charge is -2.63. The molecule has 3 saturated heterocycles. The van der Waals surface area contributed by atoms with Crippen molar-refractivity contribution in [2.75, 3.05) is 62.7 Å². The Morgan fingerprint density at radius 2 is 1.55 bits per heavy atom. The van der Waals surface area contributed by atoms with Crippen LogP contribution in [0.4, 0.5) is 11.4 Å². The molecule has 3 N–H and O–H groups in total. The SMILES string of the molecule is COc1cc(N2CCN(CC3CCN(c4ccc(C(=O)NC5C(C)(C)C(Oc6ccc(C#N)c7[nH]c(=O)ccc67)C5(C)C)cc4)CC3)CC2)cc2c1C(=O)N(C1CCC(=O)NC1=O)C2. The number of imide groups is 1. The molecule has 9 rings (SSSR count). The summed E-state index contributed by atoms with van der Waals surface area (Å²) in [6.07, 6.45) is 2.47. The lowest BCUT2D eigenvalue weighted by molar-refractivity contribution is -0.163. The Kier molecular flexibility index (Phi) is 11.1. The van der Waals surface area contributed by atoms with Crippen LogP contribution < -0.4 is 35.5 Å². The molecule has 334 valence electrons. The van der Waals surface area contributed by atoms with Crippen molar-refractivity contribution in [1.82, 2.24) is 25.4 Å². The summed E-state index contributed by atoms with van der Waals surface area (Å²) in [7, 11) is 1.57. The molecular formula is C49H56N8O7. The minimum absolute atomic E-state index is 0.127. The van der Waals surface area contributed by atoms with E-state index in [1.807, 2.05) is 30.3 Å². The molecule has 4 fully saturated rings. The van der Waals surface area contributed by atoms with Crippen molar-refractivity contribution in [2.24, 2.45) is 16.7 Å². The molecule has 1 atom stereocenters. The van der Waals surface area contributed by atoms with Gasteiger partial charge in [-0.3, -0.25) is 34.2 Å². The predicted molar refractivity (Wildman–Crippen MR) is 242 cm³/mol. The Labute approximate surface area is 372 Å². The molecule has 15 nitrogen and oxygen atoms in total. The fourth-order valence-corrected chi connectivity index (χ4v) is 11.3. The topological polar surface area (TPSA) is 180 Å². The highest BCUT2D eigenvalue weighted by atomic mass is 16.5. The highest BCUT2D eigenvalue weighted by molar-refractivity contribution is 6.07. The van der Waals surface area contributed by atoms with Crippen LogP contribution in [0.1, 0.15) is 85.2 Å². The number of hydrogen-bond acceptors (Lipinski definition) is 11. The van der Waals surface area contributed by atoms with E-state index in [1.165, 1.54) is 6.07 Å². The first-order valence-corrected chi connectivity index (χ1v) is 22.4. The van der Waals surface area contributed by atoms with Gasteiger partial charge in [0.25, 0.3) is 11.8 Å². The summed E-state index contributed by atoms with van der Waals surface area (Å²) in [6, 6.07) is 19.8. The van der Waals surface area contributed by atoms with Crippen molar-refractivity contribution in [3.8, 4) is 17.6 Å². The minimum atomic E-state index is -0.668. The van der Waals surface area contributed by atoms with Gasteiger partial charge in [-0.1, -0.05) is 27.7 Å². The molecule has 3 aromatic carbocycles. The predicted octanol–water partition coefficient (Wildman–Crippen LogP) is 4.82. The Hall–Kier alpha value is -6.40. The number of aromatic nitrogens is 1. The zero-order valence-electron chi connectivity index (χ0n) is 37.2. The number of anilines is 2. The summed E-state index contributed by atoms with van der Waals surface area (Å²) in [6.45, 7) is 15.2. The number of aromatic amines is 1. The number of piperazine rings is 1. The number of piperidine rings is 2. The second kappa shape index (κ2) is 16.6. The van der Waals surface area contributed by atoms with Gasteiger partial charge in [-0.25, -0.2) is 0 Å². The summed E-state index contributed by atoms with van der Waals surface area (Å²) in [5, 5.41) is 15.9. The van der Waals surface area contributed by atoms with Gasteiger partial charge >= 0.3 is 0 Å². The van der Waals surface area contributed by atoms with E-state index in [4.69, 9.17) is 9.47 Å². The third-order valence-corrected chi connectivity index (χ3v) is 14.5. The maximum atomic E-state index is 13.7. The molecule has 1 aliphatic carbocycles. The van der Waals surface area contributed by atoms with Crippen LogP contribution in [0.15, 0.2) is 65.5 Å². The van der Waals surface area contributed by atoms with E-state index in [0.717, 1.165) is 75.6 Å². The zero-order chi connectivity index (χ0) is 45.1. The number of nitriles is 1. The third-order valence-electron chi connectivity index (χ3n) is 14.5. The summed E-state index contributed by atoms with van der Waals surface area (Å²) in [4.78, 5) is 75.1. The van der Waals surface area contributed by atoms with Crippen LogP contribution in [-0.2, 0) is 16.1 Å². The fourth-order valence-electron chi connectivity index (χ4n) is 11.3. The van der Waals surface area contributed by atoms with Gasteiger partial charge in [0.2, 0.25) is 17.4 Å². The largest absolute Gasteiger partial charge is 0.496 e. The zero-order valence-corrected chi connectivity index (χ0v) is 37.2. The number of rotatable bonds is 10. The molecule has 4 aliphatic heterocycles. The molecule has 0 radical (unpaired) electrons. The fraction of sp³-hybridized carbons (Fsp3) is 0.469. The average Bonchev–Trinajstić information content (AvgIpc) is 3.62. The van der Waals surface area contributed by atoms with Crippen molar-refractivity contribution in [1.29, 1.82) is 5.26 Å². The third kappa shape index (κ3) is 7.71. The van der Waals surface area contributed by atoms with E-state index in [1.54, 1.807) is 30.2 Å². The molecule has 1 saturated carbocycles. The van der Waals surface area contributed by atoms with E-state index in [2.05, 4.69) is 70.1 Å². The van der Waals surface area contributed by atoms with Gasteiger partial charge in [0.1, 0.15) is 29.7 Å². The highest BCUT2D eigenvalue weighted by Crippen LogP contribution is 2.56. The van der Waals surface area contributed by atoms with Crippen LogP contribution in [0.25, 0.3) is 10.9 Å². The van der Waals surface area contributed by atoms with Crippen LogP contribution in [-0.4, -0.2) is 110 Å². The quantitative estimate of drug-likeness (QED) is 0.186. The number of nitrogens with zero attached hydrogens (tertiary/aromatic N) is 5. The number of hydrogen-bond donors (Lipinski definition) is 3. The number of carbonyl (C=O) groups is 4. The number of H-pyrrole nitrogens is 1. The standard InChI is InChI=1S/C49H56N8O7/c1-48(2)46(49(3,4)47(48)64-37-13-8-31(26-50)42-35(37)11-14-39(58)51-42)53-43(60)30-6-9-33(10-7-30)55-18-16-29(17-19-55)27-54-20-22-56(23-21-54)34-24-32-28-57(36-12-15-40(59)52-44(36)61)45(62)41(32)38(25-34)63-5/h6-11,13-14,24-25,29,36,46-47H,12,15-23,27-28H2,1-5H3,(H,51,58)(H,53,60)(H,52,59,61). The van der Waals surface area contributed by atoms with Gasteiger partial charge in [-0.05, 0) is 79.3 Å². The number of methoxy groups -OCH3 is 1. The van der Waals surface area contributed by atoms with Crippen molar-refractivity contribution in [2.45, 2.75) is 78.1 Å². The molecule has 5 aliphatic rings. The first-order valence-electron chi connectivity index (χ1n) is 22.4. The number of ether oxygens (including phenoxy) is 2. The smallest absolute Gasteiger partial charge is 0.258 e. The molecule has 5 heterocycles. The van der Waals surface area contributed by atoms with Crippen LogP contribution in [0.3, 0.4) is 0 Å². The number of benzene rings is 3. The molecule has 1 unspecified atom stereocenters. The summed E-state index contributed by atoms with van der Waals surface area (Å²) < 4.78 is 12.3. The van der Waals surface area contributed by atoms with Crippen LogP contribution in [0, 0.1) is 28.1 Å². The lowest BCUT2D eigenvalue weighted by Crippen LogP contribution is -2.74. The number of amides is 4. The second-order valence-electron chi connectivity index (χ2n) is 19.2. The minimum Gasteiger partial charge on any atom is -0.496 e.